The second-order valence-electron chi connectivity index (χ2n) is 7.06. The summed E-state index contributed by atoms with van der Waals surface area (Å²) in [5.74, 6) is 1.65. The van der Waals surface area contributed by atoms with Gasteiger partial charge in [0.25, 0.3) is 0 Å². The molecule has 0 amide bonds. The molecule has 1 aromatic heterocycles. The summed E-state index contributed by atoms with van der Waals surface area (Å²) in [7, 11) is 3.37. The first kappa shape index (κ1) is 16.3. The van der Waals surface area contributed by atoms with Gasteiger partial charge in [0.15, 0.2) is 6.29 Å². The van der Waals surface area contributed by atoms with Gasteiger partial charge < -0.3 is 14.8 Å². The number of hydrogen-bond donors (Lipinski definition) is 1. The minimum atomic E-state index is -0.251. The maximum Gasteiger partial charge on any atom is 0.179 e. The third-order valence-corrected chi connectivity index (χ3v) is 4.62. The van der Waals surface area contributed by atoms with Crippen LogP contribution in [-0.2, 0) is 15.9 Å². The van der Waals surface area contributed by atoms with Gasteiger partial charge in [-0.3, -0.25) is 0 Å². The lowest BCUT2D eigenvalue weighted by molar-refractivity contribution is -0.135. The molecule has 21 heavy (non-hydrogen) atoms. The molecule has 120 valence electrons. The van der Waals surface area contributed by atoms with Crippen LogP contribution in [0.3, 0.4) is 0 Å². The number of hydrogen-bond acceptors (Lipinski definition) is 4. The Bertz CT molecular complexity index is 461. The number of ether oxygens (including phenoxy) is 2. The Kier molecular flexibility index (Phi) is 4.94. The van der Waals surface area contributed by atoms with Crippen LogP contribution >= 0.6 is 0 Å². The lowest BCUT2D eigenvalue weighted by Crippen LogP contribution is -2.34. The third-order valence-electron chi connectivity index (χ3n) is 4.62. The molecule has 0 spiro atoms. The van der Waals surface area contributed by atoms with Crippen LogP contribution in [0.2, 0.25) is 0 Å². The lowest BCUT2D eigenvalue weighted by atomic mass is 9.79. The van der Waals surface area contributed by atoms with E-state index >= 15 is 0 Å². The second-order valence-corrected chi connectivity index (χ2v) is 7.06. The quantitative estimate of drug-likeness (QED) is 0.848. The van der Waals surface area contributed by atoms with Crippen molar-refractivity contribution in [3.05, 3.63) is 11.8 Å². The van der Waals surface area contributed by atoms with Gasteiger partial charge in [0.05, 0.1) is 5.69 Å². The molecule has 0 radical (unpaired) electrons. The Labute approximate surface area is 128 Å². The molecule has 0 bridgehead atoms. The van der Waals surface area contributed by atoms with Gasteiger partial charge in [-0.25, -0.2) is 4.68 Å². The molecule has 1 aliphatic heterocycles. The highest BCUT2D eigenvalue weighted by molar-refractivity contribution is 5.39. The maximum absolute atomic E-state index is 5.43. The monoisotopic (exact) mass is 295 g/mol. The maximum atomic E-state index is 5.43. The number of methoxy groups -OCH3 is 2. The van der Waals surface area contributed by atoms with Crippen LogP contribution in [0, 0.1) is 11.3 Å². The van der Waals surface area contributed by atoms with Crippen LogP contribution in [0.25, 0.3) is 0 Å². The Morgan fingerprint density at radius 2 is 2.05 bits per heavy atom. The summed E-state index contributed by atoms with van der Waals surface area (Å²) in [6.07, 6.45) is 1.69. The van der Waals surface area contributed by atoms with E-state index in [9.17, 15) is 0 Å². The van der Waals surface area contributed by atoms with E-state index in [2.05, 4.69) is 39.1 Å². The first-order chi connectivity index (χ1) is 9.86. The van der Waals surface area contributed by atoms with E-state index in [0.717, 1.165) is 30.9 Å². The van der Waals surface area contributed by atoms with E-state index < -0.39 is 0 Å². The molecule has 1 N–H and O–H groups in total. The summed E-state index contributed by atoms with van der Waals surface area (Å²) < 4.78 is 12.9. The summed E-state index contributed by atoms with van der Waals surface area (Å²) in [6, 6.07) is 2.30. The van der Waals surface area contributed by atoms with E-state index in [1.165, 1.54) is 0 Å². The van der Waals surface area contributed by atoms with Crippen molar-refractivity contribution in [1.29, 1.82) is 0 Å². The summed E-state index contributed by atoms with van der Waals surface area (Å²) in [4.78, 5) is 0. The van der Waals surface area contributed by atoms with Gasteiger partial charge in [-0.05, 0) is 24.2 Å². The molecule has 0 saturated carbocycles. The van der Waals surface area contributed by atoms with Gasteiger partial charge in [-0.15, -0.1) is 0 Å². The molecule has 2 rings (SSSR count). The average molecular weight is 295 g/mol. The van der Waals surface area contributed by atoms with Gasteiger partial charge in [0, 0.05) is 26.8 Å². The summed E-state index contributed by atoms with van der Waals surface area (Å²) >= 11 is 0. The molecular formula is C16H29N3O2. The Morgan fingerprint density at radius 3 is 2.62 bits per heavy atom. The summed E-state index contributed by atoms with van der Waals surface area (Å²) in [5.41, 5.74) is 1.43. The molecule has 0 fully saturated rings. The van der Waals surface area contributed by atoms with Crippen LogP contribution in [0.1, 0.15) is 45.9 Å². The van der Waals surface area contributed by atoms with Crippen molar-refractivity contribution in [2.24, 2.45) is 11.3 Å². The van der Waals surface area contributed by atoms with Crippen molar-refractivity contribution in [1.82, 2.24) is 9.78 Å². The van der Waals surface area contributed by atoms with Gasteiger partial charge in [0.1, 0.15) is 11.9 Å². The topological polar surface area (TPSA) is 48.3 Å². The highest BCUT2D eigenvalue weighted by Gasteiger charge is 2.30. The third kappa shape index (κ3) is 3.58. The highest BCUT2D eigenvalue weighted by atomic mass is 16.7. The first-order valence-corrected chi connectivity index (χ1v) is 7.74. The van der Waals surface area contributed by atoms with Crippen molar-refractivity contribution >= 4 is 5.82 Å². The van der Waals surface area contributed by atoms with E-state index in [0.29, 0.717) is 11.3 Å². The van der Waals surface area contributed by atoms with Gasteiger partial charge in [-0.2, -0.15) is 5.10 Å². The molecule has 2 atom stereocenters. The van der Waals surface area contributed by atoms with Crippen LogP contribution in [-0.4, -0.2) is 36.8 Å². The predicted octanol–water partition coefficient (Wildman–Crippen LogP) is 3.08. The first-order valence-electron chi connectivity index (χ1n) is 7.74. The van der Waals surface area contributed by atoms with E-state index in [4.69, 9.17) is 14.6 Å². The number of anilines is 1. The van der Waals surface area contributed by atoms with Crippen molar-refractivity contribution < 1.29 is 9.47 Å². The normalized spacial score (nSPS) is 20.2. The fraction of sp³-hybridized carbons (Fsp3) is 0.812. The van der Waals surface area contributed by atoms with Gasteiger partial charge in [0.2, 0.25) is 0 Å². The molecule has 5 nitrogen and oxygen atoms in total. The van der Waals surface area contributed by atoms with Crippen molar-refractivity contribution in [3.63, 3.8) is 0 Å². The zero-order valence-electron chi connectivity index (χ0n) is 14.1. The van der Waals surface area contributed by atoms with Crippen LogP contribution in [0.4, 0.5) is 5.82 Å². The zero-order chi connectivity index (χ0) is 15.6. The molecule has 0 aromatic carbocycles. The van der Waals surface area contributed by atoms with E-state index in [-0.39, 0.29) is 12.3 Å². The van der Waals surface area contributed by atoms with Gasteiger partial charge in [-0.1, -0.05) is 27.7 Å². The van der Waals surface area contributed by atoms with Crippen molar-refractivity contribution in [2.75, 3.05) is 26.1 Å². The minimum Gasteiger partial charge on any atom is -0.370 e. The number of nitrogens with one attached hydrogen (secondary N) is 1. The number of aromatic nitrogens is 2. The Hall–Kier alpha value is -1.07. The largest absolute Gasteiger partial charge is 0.370 e. The molecule has 5 heteroatoms. The Morgan fingerprint density at radius 1 is 1.38 bits per heavy atom. The highest BCUT2D eigenvalue weighted by Crippen LogP contribution is 2.32. The lowest BCUT2D eigenvalue weighted by Gasteiger charge is -2.30. The van der Waals surface area contributed by atoms with Crippen LogP contribution < -0.4 is 5.32 Å². The average Bonchev–Trinajstić information content (AvgIpc) is 2.82. The summed E-state index contributed by atoms with van der Waals surface area (Å²) in [6.45, 7) is 10.0. The van der Waals surface area contributed by atoms with Crippen molar-refractivity contribution in [3.8, 4) is 0 Å². The number of nitrogens with zero attached hydrogens (tertiary/aromatic N) is 2. The molecule has 0 saturated heterocycles. The van der Waals surface area contributed by atoms with Gasteiger partial charge >= 0.3 is 0 Å². The van der Waals surface area contributed by atoms with Crippen molar-refractivity contribution in [2.45, 2.75) is 52.9 Å². The summed E-state index contributed by atoms with van der Waals surface area (Å²) in [5, 5.41) is 8.21. The fourth-order valence-electron chi connectivity index (χ4n) is 2.68. The second kappa shape index (κ2) is 6.36. The molecular weight excluding hydrogens is 266 g/mol. The number of fused-ring (bicyclic) bond motifs is 1. The van der Waals surface area contributed by atoms with E-state index in [1.807, 2.05) is 4.68 Å². The molecule has 2 unspecified atom stereocenters. The molecule has 1 aliphatic rings. The van der Waals surface area contributed by atoms with E-state index in [1.54, 1.807) is 14.2 Å². The molecule has 2 heterocycles. The predicted molar refractivity (Wildman–Crippen MR) is 84.5 cm³/mol. The minimum absolute atomic E-state index is 0.134. The molecule has 1 aromatic rings. The molecule has 0 aliphatic carbocycles. The standard InChI is InChI=1S/C16H29N3O2/c1-11(16(2,3)4)9-12-10-14-17-8-7-13(19(14)18-12)15(20-5)21-6/h10-11,13,15,17H,7-9H2,1-6H3. The Balaban J connectivity index is 2.19. The van der Waals surface area contributed by atoms with Crippen LogP contribution in [0.15, 0.2) is 6.07 Å². The fourth-order valence-corrected chi connectivity index (χ4v) is 2.68. The zero-order valence-corrected chi connectivity index (χ0v) is 14.1. The van der Waals surface area contributed by atoms with Crippen LogP contribution in [0.5, 0.6) is 0 Å². The smallest absolute Gasteiger partial charge is 0.179 e. The SMILES string of the molecule is COC(OC)C1CCNc2cc(CC(C)C(C)(C)C)nn21. The number of rotatable bonds is 5.